The lowest BCUT2D eigenvalue weighted by Gasteiger charge is -1.69. The predicted octanol–water partition coefficient (Wildman–Crippen LogP) is 0.511. The normalized spacial score (nSPS) is 6.00. The molecule has 0 aliphatic heterocycles. The molecule has 0 saturated heterocycles. The Hall–Kier alpha value is 0.310. The number of rotatable bonds is 1. The van der Waals surface area contributed by atoms with Crippen LogP contribution >= 0.6 is 12.6 Å². The van der Waals surface area contributed by atoms with Gasteiger partial charge in [-0.05, 0) is 0 Å². The zero-order valence-electron chi connectivity index (χ0n) is 2.44. The van der Waals surface area contributed by atoms with Gasteiger partial charge < -0.3 is 5.73 Å². The van der Waals surface area contributed by atoms with Crippen molar-refractivity contribution in [3.63, 3.8) is 0 Å². The van der Waals surface area contributed by atoms with Crippen molar-refractivity contribution in [1.29, 1.82) is 0 Å². The summed E-state index contributed by atoms with van der Waals surface area (Å²) in [7, 11) is 0. The minimum Gasteiger partial charge on any atom is -0.330 e. The van der Waals surface area contributed by atoms with E-state index in [1.807, 2.05) is 0 Å². The minimum absolute atomic E-state index is 0. The fourth-order valence-electron chi connectivity index (χ4n) is 0. The second-order valence-electron chi connectivity index (χ2n) is 0.512. The highest BCUT2D eigenvalue weighted by atomic mass is 32.1. The van der Waals surface area contributed by atoms with Gasteiger partial charge in [0.2, 0.25) is 0 Å². The lowest BCUT2D eigenvalue weighted by atomic mass is 10.8. The van der Waals surface area contributed by atoms with Crippen LogP contribution in [0.15, 0.2) is 0 Å². The Balaban J connectivity index is 0. The van der Waals surface area contributed by atoms with E-state index < -0.39 is 0 Å². The lowest BCUT2D eigenvalue weighted by molar-refractivity contribution is 1.16. The molecule has 0 radical (unpaired) electrons. The molecule has 5 heavy (non-hydrogen) atoms. The van der Waals surface area contributed by atoms with E-state index in [-0.39, 0.29) is 7.43 Å². The molecular weight excluding hydrogens is 82.1 g/mol. The average Bonchev–Trinajstić information content (AvgIpc) is 1.37. The zero-order chi connectivity index (χ0) is 3.41. The van der Waals surface area contributed by atoms with E-state index in [0.29, 0.717) is 6.54 Å². The molecule has 0 aliphatic rings. The van der Waals surface area contributed by atoms with Crippen molar-refractivity contribution in [1.82, 2.24) is 0 Å². The van der Waals surface area contributed by atoms with Crippen LogP contribution in [0, 0.1) is 0 Å². The monoisotopic (exact) mass is 93.1 g/mol. The molecule has 0 aromatic heterocycles. The highest BCUT2D eigenvalue weighted by Gasteiger charge is 1.56. The van der Waals surface area contributed by atoms with E-state index in [2.05, 4.69) is 12.6 Å². The second kappa shape index (κ2) is 8.85. The molecule has 2 N–H and O–H groups in total. The fraction of sp³-hybridized carbons (Fsp3) is 1.00. The first kappa shape index (κ1) is 9.00. The van der Waals surface area contributed by atoms with Gasteiger partial charge in [0.1, 0.15) is 0 Å². The minimum atomic E-state index is 0. The van der Waals surface area contributed by atoms with E-state index in [4.69, 9.17) is 5.73 Å². The lowest BCUT2D eigenvalue weighted by Crippen LogP contribution is -1.97. The molecular formula is C3H11NS. The van der Waals surface area contributed by atoms with E-state index >= 15 is 0 Å². The molecule has 34 valence electrons. The molecule has 0 atom stereocenters. The SMILES string of the molecule is C.NCCS. The Kier molecular flexibility index (Phi) is 15.9. The molecule has 0 bridgehead atoms. The van der Waals surface area contributed by atoms with Gasteiger partial charge in [-0.1, -0.05) is 7.43 Å². The van der Waals surface area contributed by atoms with Crippen molar-refractivity contribution in [3.05, 3.63) is 0 Å². The first-order chi connectivity index (χ1) is 1.91. The largest absolute Gasteiger partial charge is 0.330 e. The third-order valence-corrected chi connectivity index (χ3v) is 0.387. The summed E-state index contributed by atoms with van der Waals surface area (Å²) < 4.78 is 0. The van der Waals surface area contributed by atoms with Crippen LogP contribution in [0.5, 0.6) is 0 Å². The molecule has 0 fully saturated rings. The summed E-state index contributed by atoms with van der Waals surface area (Å²) in [5.74, 6) is 0.792. The van der Waals surface area contributed by atoms with Crippen molar-refractivity contribution < 1.29 is 0 Å². The average molecular weight is 93.2 g/mol. The van der Waals surface area contributed by atoms with Crippen LogP contribution in [0.1, 0.15) is 7.43 Å². The first-order valence-corrected chi connectivity index (χ1v) is 1.86. The van der Waals surface area contributed by atoms with E-state index in [9.17, 15) is 0 Å². The number of hydrogen-bond acceptors (Lipinski definition) is 2. The third kappa shape index (κ3) is 13.4. The molecule has 0 spiro atoms. The molecule has 0 unspecified atom stereocenters. The third-order valence-electron chi connectivity index (χ3n) is 0.129. The Morgan fingerprint density at radius 2 is 1.80 bits per heavy atom. The van der Waals surface area contributed by atoms with Crippen LogP contribution in [0.2, 0.25) is 0 Å². The highest BCUT2D eigenvalue weighted by molar-refractivity contribution is 7.80. The van der Waals surface area contributed by atoms with E-state index in [0.717, 1.165) is 5.75 Å². The highest BCUT2D eigenvalue weighted by Crippen LogP contribution is 1.58. The smallest absolute Gasteiger partial charge is 0.00255 e. The summed E-state index contributed by atoms with van der Waals surface area (Å²) in [4.78, 5) is 0. The van der Waals surface area contributed by atoms with Crippen LogP contribution in [0.4, 0.5) is 0 Å². The van der Waals surface area contributed by atoms with Crippen LogP contribution in [0.25, 0.3) is 0 Å². The zero-order valence-corrected chi connectivity index (χ0v) is 3.33. The molecule has 0 aliphatic carbocycles. The maximum atomic E-state index is 4.95. The van der Waals surface area contributed by atoms with Gasteiger partial charge in [0.25, 0.3) is 0 Å². The summed E-state index contributed by atoms with van der Waals surface area (Å²) in [5, 5.41) is 0. The summed E-state index contributed by atoms with van der Waals surface area (Å²) >= 11 is 3.80. The molecule has 0 heterocycles. The molecule has 1 nitrogen and oxygen atoms in total. The van der Waals surface area contributed by atoms with Crippen molar-refractivity contribution in [2.75, 3.05) is 12.3 Å². The van der Waals surface area contributed by atoms with Crippen molar-refractivity contribution in [2.45, 2.75) is 7.43 Å². The summed E-state index contributed by atoms with van der Waals surface area (Å²) in [5.41, 5.74) is 4.95. The Bertz CT molecular complexity index is 8.85. The van der Waals surface area contributed by atoms with Crippen LogP contribution in [-0.2, 0) is 0 Å². The number of thiol groups is 1. The molecule has 0 amide bonds. The Morgan fingerprint density at radius 1 is 1.60 bits per heavy atom. The summed E-state index contributed by atoms with van der Waals surface area (Å²) in [6, 6.07) is 0. The van der Waals surface area contributed by atoms with Gasteiger partial charge in [0, 0.05) is 12.3 Å². The maximum absolute atomic E-state index is 4.95. The van der Waals surface area contributed by atoms with Crippen LogP contribution in [0.3, 0.4) is 0 Å². The molecule has 0 rings (SSSR count). The molecule has 0 aromatic carbocycles. The van der Waals surface area contributed by atoms with Gasteiger partial charge in [0.05, 0.1) is 0 Å². The van der Waals surface area contributed by atoms with Crippen LogP contribution in [-0.4, -0.2) is 12.3 Å². The second-order valence-corrected chi connectivity index (χ2v) is 0.959. The van der Waals surface area contributed by atoms with Gasteiger partial charge in [-0.3, -0.25) is 0 Å². The van der Waals surface area contributed by atoms with Gasteiger partial charge in [-0.25, -0.2) is 0 Å². The quantitative estimate of drug-likeness (QED) is 0.454. The molecule has 0 aromatic rings. The Labute approximate surface area is 39.0 Å². The standard InChI is InChI=1S/C2H7NS.CH4/c3-1-2-4;/h4H,1-3H2;1H4. The van der Waals surface area contributed by atoms with Crippen molar-refractivity contribution >= 4 is 12.6 Å². The van der Waals surface area contributed by atoms with E-state index in [1.165, 1.54) is 0 Å². The predicted molar refractivity (Wildman–Crippen MR) is 29.6 cm³/mol. The number of hydrogen-bond donors (Lipinski definition) is 2. The topological polar surface area (TPSA) is 26.0 Å². The first-order valence-electron chi connectivity index (χ1n) is 1.22. The van der Waals surface area contributed by atoms with E-state index in [1.54, 1.807) is 0 Å². The maximum Gasteiger partial charge on any atom is 0.00255 e. The van der Waals surface area contributed by atoms with Gasteiger partial charge in [-0.15, -0.1) is 0 Å². The van der Waals surface area contributed by atoms with Gasteiger partial charge >= 0.3 is 0 Å². The number of nitrogens with two attached hydrogens (primary N) is 1. The summed E-state index contributed by atoms with van der Waals surface area (Å²) in [6.07, 6.45) is 0. The van der Waals surface area contributed by atoms with Gasteiger partial charge in [-0.2, -0.15) is 12.6 Å². The van der Waals surface area contributed by atoms with Crippen LogP contribution < -0.4 is 5.73 Å². The van der Waals surface area contributed by atoms with Crippen molar-refractivity contribution in [3.8, 4) is 0 Å². The Morgan fingerprint density at radius 3 is 1.80 bits per heavy atom. The summed E-state index contributed by atoms with van der Waals surface area (Å²) in [6.45, 7) is 0.684. The fourth-order valence-corrected chi connectivity index (χ4v) is 0. The molecule has 0 saturated carbocycles. The van der Waals surface area contributed by atoms with Crippen molar-refractivity contribution in [2.24, 2.45) is 5.73 Å². The molecule has 2 heteroatoms. The van der Waals surface area contributed by atoms with Gasteiger partial charge in [0.15, 0.2) is 0 Å².